The minimum absolute atomic E-state index is 0.0242. The maximum atomic E-state index is 13.4. The number of nitrogens with zero attached hydrogens (tertiary/aromatic N) is 2. The smallest absolute Gasteiger partial charge is 0.309 e. The number of carbonyl (C=O) groups is 3. The van der Waals surface area contributed by atoms with E-state index in [1.807, 2.05) is 0 Å². The largest absolute Gasteiger partial charge is 0.481 e. The zero-order valence-electron chi connectivity index (χ0n) is 23.0. The number of amides is 2. The van der Waals surface area contributed by atoms with Crippen LogP contribution in [0.15, 0.2) is 50.8 Å². The molecule has 2 aromatic heterocycles. The normalized spacial score (nSPS) is 21.1. The lowest BCUT2D eigenvalue weighted by Gasteiger charge is -2.51. The summed E-state index contributed by atoms with van der Waals surface area (Å²) in [6.07, 6.45) is 3.85. The minimum atomic E-state index is -0.749. The molecule has 3 aliphatic carbocycles. The van der Waals surface area contributed by atoms with Gasteiger partial charge in [0.2, 0.25) is 0 Å². The number of nitrogens with two attached hydrogens (primary N) is 1. The van der Waals surface area contributed by atoms with E-state index in [-0.39, 0.29) is 40.4 Å². The Kier molecular flexibility index (Phi) is 6.63. The van der Waals surface area contributed by atoms with Crippen molar-refractivity contribution in [1.82, 2.24) is 25.2 Å². The van der Waals surface area contributed by atoms with Crippen LogP contribution in [0.3, 0.4) is 0 Å². The standard InChI is InChI=1S/C29H29N7O7/c30-21-22(24(39)23(21)38)33-16-3-1-2-15(10-16)13-31-25(40)17-11-18(36-19(34-17)12-20(37)35-36)26(41)32-14-28-4-7-29(8-5-28,9-6-28)27(42)43/h1-3,10-12,33H,4-9,13-14,30H2,(H,31,40)(H,32,41)(H,35,37)(H,42,43). The third kappa shape index (κ3) is 4.94. The van der Waals surface area contributed by atoms with Crippen molar-refractivity contribution < 1.29 is 19.5 Å². The maximum Gasteiger partial charge on any atom is 0.309 e. The number of nitrogens with one attached hydrogen (secondary N) is 4. The van der Waals surface area contributed by atoms with Gasteiger partial charge in [-0.15, -0.1) is 0 Å². The zero-order valence-corrected chi connectivity index (χ0v) is 23.0. The lowest BCUT2D eigenvalue weighted by molar-refractivity contribution is -0.158. The number of anilines is 3. The summed E-state index contributed by atoms with van der Waals surface area (Å²) in [5, 5.41) is 20.7. The molecule has 2 bridgehead atoms. The minimum Gasteiger partial charge on any atom is -0.481 e. The average Bonchev–Trinajstić information content (AvgIpc) is 3.41. The van der Waals surface area contributed by atoms with Crippen LogP contribution in [-0.2, 0) is 11.3 Å². The Morgan fingerprint density at radius 3 is 2.35 bits per heavy atom. The first-order valence-corrected chi connectivity index (χ1v) is 13.9. The number of rotatable bonds is 9. The van der Waals surface area contributed by atoms with Gasteiger partial charge >= 0.3 is 5.97 Å². The lowest BCUT2D eigenvalue weighted by Crippen LogP contribution is -2.50. The van der Waals surface area contributed by atoms with Crippen molar-refractivity contribution in [2.45, 2.75) is 45.1 Å². The molecule has 0 aliphatic heterocycles. The first kappa shape index (κ1) is 27.9. The molecule has 2 aromatic carbocycles. The average molecular weight is 588 g/mol. The molecule has 3 fully saturated rings. The molecule has 43 heavy (non-hydrogen) atoms. The summed E-state index contributed by atoms with van der Waals surface area (Å²) in [4.78, 5) is 77.6. The van der Waals surface area contributed by atoms with Crippen molar-refractivity contribution in [2.75, 3.05) is 17.6 Å². The second-order valence-electron chi connectivity index (χ2n) is 11.6. The second-order valence-corrected chi connectivity index (χ2v) is 11.6. The van der Waals surface area contributed by atoms with Gasteiger partial charge in [0.1, 0.15) is 22.8 Å². The van der Waals surface area contributed by atoms with Gasteiger partial charge in [0.05, 0.1) is 5.41 Å². The van der Waals surface area contributed by atoms with Crippen molar-refractivity contribution in [3.8, 4) is 0 Å². The number of carbonyl (C=O) groups excluding carboxylic acids is 2. The summed E-state index contributed by atoms with van der Waals surface area (Å²) >= 11 is 0. The predicted molar refractivity (Wildman–Crippen MR) is 155 cm³/mol. The first-order chi connectivity index (χ1) is 20.5. The van der Waals surface area contributed by atoms with E-state index >= 15 is 0 Å². The molecule has 2 heterocycles. The highest BCUT2D eigenvalue weighted by Crippen LogP contribution is 2.56. The monoisotopic (exact) mass is 587 g/mol. The number of aromatic nitrogens is 3. The molecule has 0 spiro atoms. The van der Waals surface area contributed by atoms with Crippen LogP contribution in [0.2, 0.25) is 0 Å². The van der Waals surface area contributed by atoms with E-state index in [4.69, 9.17) is 5.73 Å². The van der Waals surface area contributed by atoms with Gasteiger partial charge in [0, 0.05) is 30.9 Å². The van der Waals surface area contributed by atoms with Gasteiger partial charge in [-0.3, -0.25) is 33.9 Å². The van der Waals surface area contributed by atoms with E-state index in [0.717, 1.165) is 0 Å². The van der Waals surface area contributed by atoms with Crippen LogP contribution in [0.5, 0.6) is 0 Å². The number of benzene rings is 1. The quantitative estimate of drug-likeness (QED) is 0.153. The van der Waals surface area contributed by atoms with Gasteiger partial charge in [0.15, 0.2) is 5.65 Å². The van der Waals surface area contributed by atoms with E-state index in [9.17, 15) is 33.9 Å². The molecule has 0 radical (unpaired) electrons. The van der Waals surface area contributed by atoms with E-state index in [1.54, 1.807) is 24.3 Å². The van der Waals surface area contributed by atoms with Crippen molar-refractivity contribution in [1.29, 1.82) is 0 Å². The molecule has 7 rings (SSSR count). The number of hydrogen-bond donors (Lipinski definition) is 6. The van der Waals surface area contributed by atoms with Crippen molar-refractivity contribution in [3.63, 3.8) is 0 Å². The van der Waals surface area contributed by atoms with Crippen LogP contribution in [0.1, 0.15) is 65.1 Å². The Balaban J connectivity index is 1.15. The number of aliphatic carboxylic acids is 1. The zero-order chi connectivity index (χ0) is 30.5. The van der Waals surface area contributed by atoms with Gasteiger partial charge in [-0.25, -0.2) is 9.50 Å². The molecule has 4 aromatic rings. The summed E-state index contributed by atoms with van der Waals surface area (Å²) in [6.45, 7) is 0.426. The summed E-state index contributed by atoms with van der Waals surface area (Å²) in [6, 6.07) is 9.28. The van der Waals surface area contributed by atoms with Gasteiger partial charge in [-0.05, 0) is 61.6 Å². The Morgan fingerprint density at radius 1 is 0.953 bits per heavy atom. The molecule has 14 heteroatoms. The number of carboxylic acid groups (broad SMARTS) is 1. The first-order valence-electron chi connectivity index (χ1n) is 13.9. The molecule has 222 valence electrons. The Hall–Kier alpha value is -5.27. The lowest BCUT2D eigenvalue weighted by atomic mass is 9.53. The van der Waals surface area contributed by atoms with Crippen molar-refractivity contribution >= 4 is 40.5 Å². The van der Waals surface area contributed by atoms with E-state index < -0.39 is 39.6 Å². The topological polar surface area (TPSA) is 218 Å². The molecule has 7 N–H and O–H groups in total. The molecule has 0 atom stereocenters. The Morgan fingerprint density at radius 2 is 1.67 bits per heavy atom. The second kappa shape index (κ2) is 10.2. The molecular formula is C29H29N7O7. The SMILES string of the molecule is Nc1c(Nc2cccc(CNC(=O)c3cc(C(=O)NCC45CCC(C(=O)O)(CC4)CC5)n4[nH]c(=O)cc4n3)c2)c(=O)c1=O. The summed E-state index contributed by atoms with van der Waals surface area (Å²) in [5.41, 5.74) is 3.92. The summed E-state index contributed by atoms with van der Waals surface area (Å²) in [7, 11) is 0. The van der Waals surface area contributed by atoms with Crippen LogP contribution < -0.4 is 38.1 Å². The highest BCUT2D eigenvalue weighted by Gasteiger charge is 2.52. The highest BCUT2D eigenvalue weighted by molar-refractivity contribution is 5.98. The summed E-state index contributed by atoms with van der Waals surface area (Å²) < 4.78 is 1.23. The van der Waals surface area contributed by atoms with E-state index in [0.29, 0.717) is 56.3 Å². The number of fused-ring (bicyclic) bond motifs is 4. The van der Waals surface area contributed by atoms with Crippen molar-refractivity contribution in [3.05, 3.63) is 84.1 Å². The van der Waals surface area contributed by atoms with Crippen molar-refractivity contribution in [2.24, 2.45) is 10.8 Å². The van der Waals surface area contributed by atoms with Crippen LogP contribution in [0.4, 0.5) is 17.1 Å². The van der Waals surface area contributed by atoms with E-state index in [2.05, 4.69) is 26.0 Å². The molecule has 2 amide bonds. The number of nitrogen functional groups attached to an aromatic ring is 1. The fourth-order valence-corrected chi connectivity index (χ4v) is 6.20. The van der Waals surface area contributed by atoms with Gasteiger partial charge in [0.25, 0.3) is 28.2 Å². The van der Waals surface area contributed by atoms with Crippen LogP contribution >= 0.6 is 0 Å². The van der Waals surface area contributed by atoms with Crippen LogP contribution in [0, 0.1) is 10.8 Å². The third-order valence-electron chi connectivity index (χ3n) is 9.00. The van der Waals surface area contributed by atoms with E-state index in [1.165, 1.54) is 16.6 Å². The van der Waals surface area contributed by atoms with Gasteiger partial charge in [-0.1, -0.05) is 12.1 Å². The molecule has 14 nitrogen and oxygen atoms in total. The summed E-state index contributed by atoms with van der Waals surface area (Å²) in [5.74, 6) is -1.83. The Bertz CT molecular complexity index is 1910. The molecule has 3 saturated carbocycles. The molecular weight excluding hydrogens is 558 g/mol. The fourth-order valence-electron chi connectivity index (χ4n) is 6.20. The van der Waals surface area contributed by atoms with Gasteiger partial charge < -0.3 is 26.8 Å². The number of hydrogen-bond acceptors (Lipinski definition) is 9. The molecule has 0 saturated heterocycles. The maximum absolute atomic E-state index is 13.4. The van der Waals surface area contributed by atoms with Crippen LogP contribution in [-0.4, -0.2) is 44.0 Å². The highest BCUT2D eigenvalue weighted by atomic mass is 16.4. The third-order valence-corrected chi connectivity index (χ3v) is 9.00. The predicted octanol–water partition coefficient (Wildman–Crippen LogP) is 1.03. The fraction of sp³-hybridized carbons (Fsp3) is 0.345. The van der Waals surface area contributed by atoms with Gasteiger partial charge in [-0.2, -0.15) is 0 Å². The number of aromatic amines is 1. The Labute approximate surface area is 243 Å². The molecule has 0 unspecified atom stereocenters. The molecule has 3 aliphatic rings. The number of H-pyrrole nitrogens is 1. The number of carboxylic acids is 1. The van der Waals surface area contributed by atoms with Crippen LogP contribution in [0.25, 0.3) is 5.65 Å².